The molecule has 0 aliphatic heterocycles. The number of ether oxygens (including phenoxy) is 3. The van der Waals surface area contributed by atoms with E-state index in [1.165, 1.54) is 5.56 Å². The lowest BCUT2D eigenvalue weighted by atomic mass is 10.1. The third-order valence-corrected chi connectivity index (χ3v) is 4.95. The van der Waals surface area contributed by atoms with E-state index < -0.39 is 0 Å². The van der Waals surface area contributed by atoms with Crippen LogP contribution in [-0.2, 0) is 11.2 Å². The SMILES string of the molecule is COCCOc1ccc(C(=O)NC(=S)Nc2ccccc2OCCCc2ccccc2)cc1. The van der Waals surface area contributed by atoms with Gasteiger partial charge in [-0.2, -0.15) is 0 Å². The summed E-state index contributed by atoms with van der Waals surface area (Å²) in [5, 5.41) is 5.94. The van der Waals surface area contributed by atoms with Crippen molar-refractivity contribution in [1.82, 2.24) is 5.32 Å². The molecule has 6 nitrogen and oxygen atoms in total. The number of benzene rings is 3. The second-order valence-corrected chi connectivity index (χ2v) is 7.62. The highest BCUT2D eigenvalue weighted by atomic mass is 32.1. The van der Waals surface area contributed by atoms with Crippen LogP contribution in [-0.4, -0.2) is 38.0 Å². The first-order valence-electron chi connectivity index (χ1n) is 10.8. The van der Waals surface area contributed by atoms with Gasteiger partial charge in [0.15, 0.2) is 5.11 Å². The van der Waals surface area contributed by atoms with Crippen molar-refractivity contribution < 1.29 is 19.0 Å². The van der Waals surface area contributed by atoms with Gasteiger partial charge in [0.05, 0.1) is 18.9 Å². The van der Waals surface area contributed by atoms with Gasteiger partial charge in [0.2, 0.25) is 0 Å². The number of carbonyl (C=O) groups is 1. The van der Waals surface area contributed by atoms with Gasteiger partial charge in [-0.25, -0.2) is 0 Å². The zero-order chi connectivity index (χ0) is 23.3. The fourth-order valence-corrected chi connectivity index (χ4v) is 3.28. The number of anilines is 1. The molecule has 0 aromatic heterocycles. The topological polar surface area (TPSA) is 68.8 Å². The third kappa shape index (κ3) is 8.21. The number of aryl methyl sites for hydroxylation is 1. The lowest BCUT2D eigenvalue weighted by molar-refractivity contribution is 0.0977. The molecule has 0 aliphatic rings. The van der Waals surface area contributed by atoms with E-state index in [1.54, 1.807) is 31.4 Å². The minimum Gasteiger partial charge on any atom is -0.491 e. The van der Waals surface area contributed by atoms with Gasteiger partial charge < -0.3 is 19.5 Å². The molecule has 0 aliphatic carbocycles. The molecule has 0 bridgehead atoms. The van der Waals surface area contributed by atoms with Gasteiger partial charge in [-0.1, -0.05) is 42.5 Å². The summed E-state index contributed by atoms with van der Waals surface area (Å²) in [5.74, 6) is 1.04. The van der Waals surface area contributed by atoms with Crippen LogP contribution in [0.3, 0.4) is 0 Å². The number of para-hydroxylation sites is 2. The molecule has 1 amide bonds. The second kappa shape index (κ2) is 13.2. The van der Waals surface area contributed by atoms with Gasteiger partial charge in [-0.15, -0.1) is 0 Å². The van der Waals surface area contributed by atoms with Crippen LogP contribution >= 0.6 is 12.2 Å². The van der Waals surface area contributed by atoms with E-state index in [1.807, 2.05) is 42.5 Å². The fourth-order valence-electron chi connectivity index (χ4n) is 3.07. The maximum Gasteiger partial charge on any atom is 0.257 e. The van der Waals surface area contributed by atoms with Crippen molar-refractivity contribution in [2.24, 2.45) is 0 Å². The third-order valence-electron chi connectivity index (χ3n) is 4.75. The summed E-state index contributed by atoms with van der Waals surface area (Å²) in [4.78, 5) is 12.5. The van der Waals surface area contributed by atoms with Crippen LogP contribution in [0.2, 0.25) is 0 Å². The van der Waals surface area contributed by atoms with Gasteiger partial charge in [0, 0.05) is 12.7 Å². The Bertz CT molecular complexity index is 1030. The van der Waals surface area contributed by atoms with Crippen LogP contribution in [0.15, 0.2) is 78.9 Å². The minimum atomic E-state index is -0.308. The van der Waals surface area contributed by atoms with E-state index >= 15 is 0 Å². The molecular formula is C26H28N2O4S. The van der Waals surface area contributed by atoms with Crippen LogP contribution < -0.4 is 20.1 Å². The Morgan fingerprint density at radius 3 is 2.33 bits per heavy atom. The van der Waals surface area contributed by atoms with Crippen molar-refractivity contribution in [3.8, 4) is 11.5 Å². The Morgan fingerprint density at radius 2 is 1.58 bits per heavy atom. The number of methoxy groups -OCH3 is 1. The van der Waals surface area contributed by atoms with E-state index in [0.29, 0.717) is 42.6 Å². The van der Waals surface area contributed by atoms with Gasteiger partial charge in [-0.05, 0) is 67.0 Å². The zero-order valence-corrected chi connectivity index (χ0v) is 19.4. The molecule has 33 heavy (non-hydrogen) atoms. The Balaban J connectivity index is 1.48. The molecule has 7 heteroatoms. The Hall–Kier alpha value is -3.42. The number of hydrogen-bond donors (Lipinski definition) is 2. The summed E-state index contributed by atoms with van der Waals surface area (Å²) < 4.78 is 16.4. The molecule has 3 aromatic rings. The highest BCUT2D eigenvalue weighted by Crippen LogP contribution is 2.24. The predicted molar refractivity (Wildman–Crippen MR) is 134 cm³/mol. The summed E-state index contributed by atoms with van der Waals surface area (Å²) in [7, 11) is 1.62. The summed E-state index contributed by atoms with van der Waals surface area (Å²) >= 11 is 5.33. The standard InChI is InChI=1S/C26H28N2O4S/c1-30-18-19-31-22-15-13-21(14-16-22)25(29)28-26(33)27-23-11-5-6-12-24(23)32-17-7-10-20-8-3-2-4-9-20/h2-6,8-9,11-16H,7,10,17-19H2,1H3,(H2,27,28,29,33). The lowest BCUT2D eigenvalue weighted by Crippen LogP contribution is -2.34. The van der Waals surface area contributed by atoms with Crippen molar-refractivity contribution in [1.29, 1.82) is 0 Å². The van der Waals surface area contributed by atoms with Crippen molar-refractivity contribution in [3.05, 3.63) is 90.0 Å². The van der Waals surface area contributed by atoms with Gasteiger partial charge >= 0.3 is 0 Å². The van der Waals surface area contributed by atoms with Gasteiger partial charge in [0.25, 0.3) is 5.91 Å². The van der Waals surface area contributed by atoms with E-state index in [2.05, 4.69) is 22.8 Å². The van der Waals surface area contributed by atoms with E-state index in [-0.39, 0.29) is 11.0 Å². The van der Waals surface area contributed by atoms with Crippen LogP contribution in [0.25, 0.3) is 0 Å². The van der Waals surface area contributed by atoms with Gasteiger partial charge in [-0.3, -0.25) is 10.1 Å². The molecule has 0 heterocycles. The van der Waals surface area contributed by atoms with Crippen LogP contribution in [0.5, 0.6) is 11.5 Å². The predicted octanol–water partition coefficient (Wildman–Crippen LogP) is 4.85. The number of thiocarbonyl (C=S) groups is 1. The van der Waals surface area contributed by atoms with Crippen LogP contribution in [0.4, 0.5) is 5.69 Å². The van der Waals surface area contributed by atoms with E-state index in [4.69, 9.17) is 26.4 Å². The highest BCUT2D eigenvalue weighted by Gasteiger charge is 2.10. The van der Waals surface area contributed by atoms with Crippen molar-refractivity contribution in [2.75, 3.05) is 32.2 Å². The highest BCUT2D eigenvalue weighted by molar-refractivity contribution is 7.80. The summed E-state index contributed by atoms with van der Waals surface area (Å²) in [5.41, 5.74) is 2.46. The first kappa shape index (κ1) is 24.2. The summed E-state index contributed by atoms with van der Waals surface area (Å²) in [6.45, 7) is 1.52. The Morgan fingerprint density at radius 1 is 0.848 bits per heavy atom. The molecule has 2 N–H and O–H groups in total. The molecule has 0 radical (unpaired) electrons. The summed E-state index contributed by atoms with van der Waals surface area (Å²) in [6.07, 6.45) is 1.84. The number of carbonyl (C=O) groups excluding carboxylic acids is 1. The Kier molecular flexibility index (Phi) is 9.69. The monoisotopic (exact) mass is 464 g/mol. The molecule has 0 saturated heterocycles. The second-order valence-electron chi connectivity index (χ2n) is 7.21. The number of hydrogen-bond acceptors (Lipinski definition) is 5. The Labute approximate surface area is 199 Å². The molecule has 0 unspecified atom stereocenters. The number of amides is 1. The van der Waals surface area contributed by atoms with E-state index in [0.717, 1.165) is 12.8 Å². The van der Waals surface area contributed by atoms with E-state index in [9.17, 15) is 4.79 Å². The molecule has 0 spiro atoms. The first-order valence-corrected chi connectivity index (χ1v) is 11.2. The van der Waals surface area contributed by atoms with Gasteiger partial charge in [0.1, 0.15) is 18.1 Å². The lowest BCUT2D eigenvalue weighted by Gasteiger charge is -2.14. The molecule has 0 atom stereocenters. The van der Waals surface area contributed by atoms with Crippen molar-refractivity contribution in [3.63, 3.8) is 0 Å². The minimum absolute atomic E-state index is 0.195. The first-order chi connectivity index (χ1) is 16.2. The average Bonchev–Trinajstić information content (AvgIpc) is 2.84. The summed E-state index contributed by atoms with van der Waals surface area (Å²) in [6, 6.07) is 24.7. The quantitative estimate of drug-likeness (QED) is 0.312. The van der Waals surface area contributed by atoms with Crippen LogP contribution in [0, 0.1) is 0 Å². The molecule has 0 saturated carbocycles. The molecule has 172 valence electrons. The smallest absolute Gasteiger partial charge is 0.257 e. The van der Waals surface area contributed by atoms with Crippen LogP contribution in [0.1, 0.15) is 22.3 Å². The number of rotatable bonds is 11. The maximum atomic E-state index is 12.5. The largest absolute Gasteiger partial charge is 0.491 e. The molecule has 0 fully saturated rings. The fraction of sp³-hybridized carbons (Fsp3) is 0.231. The molecule has 3 rings (SSSR count). The number of nitrogens with one attached hydrogen (secondary N) is 2. The molecule has 3 aromatic carbocycles. The molecular weight excluding hydrogens is 436 g/mol. The zero-order valence-electron chi connectivity index (χ0n) is 18.6. The van der Waals surface area contributed by atoms with Crippen molar-refractivity contribution in [2.45, 2.75) is 12.8 Å². The maximum absolute atomic E-state index is 12.5. The van der Waals surface area contributed by atoms with Crippen molar-refractivity contribution >= 4 is 28.9 Å². The average molecular weight is 465 g/mol. The normalized spacial score (nSPS) is 10.3.